The highest BCUT2D eigenvalue weighted by Gasteiger charge is 2.24. The van der Waals surface area contributed by atoms with Gasteiger partial charge in [-0.25, -0.2) is 0 Å². The first-order chi connectivity index (χ1) is 9.81. The maximum absolute atomic E-state index is 12.5. The number of thioether (sulfide) groups is 1. The van der Waals surface area contributed by atoms with Crippen molar-refractivity contribution < 1.29 is 4.79 Å². The quantitative estimate of drug-likeness (QED) is 0.580. The van der Waals surface area contributed by atoms with Gasteiger partial charge in [0.15, 0.2) is 0 Å². The van der Waals surface area contributed by atoms with E-state index in [2.05, 4.69) is 0 Å². The SMILES string of the molecule is O=C(CSc1ccccc1)N(CCCl)C1CCCCC1. The molecule has 0 bridgehead atoms. The van der Waals surface area contributed by atoms with Gasteiger partial charge in [-0.1, -0.05) is 37.5 Å². The lowest BCUT2D eigenvalue weighted by atomic mass is 9.94. The smallest absolute Gasteiger partial charge is 0.233 e. The molecule has 0 aliphatic heterocycles. The third-order valence-corrected chi connectivity index (χ3v) is 4.93. The summed E-state index contributed by atoms with van der Waals surface area (Å²) < 4.78 is 0. The second-order valence-corrected chi connectivity index (χ2v) is 6.60. The van der Waals surface area contributed by atoms with Crippen LogP contribution in [0.3, 0.4) is 0 Å². The van der Waals surface area contributed by atoms with Gasteiger partial charge in [0.25, 0.3) is 0 Å². The van der Waals surface area contributed by atoms with Crippen molar-refractivity contribution in [1.82, 2.24) is 4.90 Å². The molecule has 0 spiro atoms. The number of nitrogens with zero attached hydrogens (tertiary/aromatic N) is 1. The van der Waals surface area contributed by atoms with Crippen molar-refractivity contribution in [3.8, 4) is 0 Å². The first-order valence-electron chi connectivity index (χ1n) is 7.34. The number of carbonyl (C=O) groups excluding carboxylic acids is 1. The van der Waals surface area contributed by atoms with Gasteiger partial charge in [-0.15, -0.1) is 23.4 Å². The van der Waals surface area contributed by atoms with Gasteiger partial charge >= 0.3 is 0 Å². The van der Waals surface area contributed by atoms with Crippen LogP contribution in [-0.4, -0.2) is 35.0 Å². The van der Waals surface area contributed by atoms with E-state index in [1.54, 1.807) is 11.8 Å². The molecule has 0 heterocycles. The number of alkyl halides is 1. The Morgan fingerprint density at radius 1 is 1.20 bits per heavy atom. The Labute approximate surface area is 130 Å². The second-order valence-electron chi connectivity index (χ2n) is 5.17. The lowest BCUT2D eigenvalue weighted by Crippen LogP contribution is -2.43. The number of rotatable bonds is 6. The van der Waals surface area contributed by atoms with Crippen molar-refractivity contribution in [3.05, 3.63) is 30.3 Å². The molecule has 0 radical (unpaired) electrons. The minimum Gasteiger partial charge on any atom is -0.338 e. The Bertz CT molecular complexity index is 406. The fraction of sp³-hybridized carbons (Fsp3) is 0.562. The molecule has 0 aromatic heterocycles. The molecular formula is C16H22ClNOS. The minimum atomic E-state index is 0.228. The van der Waals surface area contributed by atoms with Crippen molar-refractivity contribution in [3.63, 3.8) is 0 Å². The molecule has 1 aliphatic rings. The third kappa shape index (κ3) is 4.71. The highest BCUT2D eigenvalue weighted by Crippen LogP contribution is 2.24. The van der Waals surface area contributed by atoms with Crippen LogP contribution in [-0.2, 0) is 4.79 Å². The molecule has 110 valence electrons. The Morgan fingerprint density at radius 2 is 1.90 bits per heavy atom. The van der Waals surface area contributed by atoms with Gasteiger partial charge < -0.3 is 4.90 Å². The van der Waals surface area contributed by atoms with Crippen LogP contribution in [0.1, 0.15) is 32.1 Å². The largest absolute Gasteiger partial charge is 0.338 e. The summed E-state index contributed by atoms with van der Waals surface area (Å²) in [5.41, 5.74) is 0. The van der Waals surface area contributed by atoms with Crippen LogP contribution in [0.2, 0.25) is 0 Å². The first kappa shape index (κ1) is 15.7. The van der Waals surface area contributed by atoms with Crippen molar-refractivity contribution in [2.24, 2.45) is 0 Å². The van der Waals surface area contributed by atoms with E-state index in [1.807, 2.05) is 35.2 Å². The van der Waals surface area contributed by atoms with Gasteiger partial charge in [-0.2, -0.15) is 0 Å². The Balaban J connectivity index is 1.89. The highest BCUT2D eigenvalue weighted by molar-refractivity contribution is 8.00. The Hall–Kier alpha value is -0.670. The monoisotopic (exact) mass is 311 g/mol. The van der Waals surface area contributed by atoms with Gasteiger partial charge in [-0.05, 0) is 25.0 Å². The molecule has 0 unspecified atom stereocenters. The highest BCUT2D eigenvalue weighted by atomic mass is 35.5. The molecule has 2 rings (SSSR count). The molecule has 2 nitrogen and oxygen atoms in total. The fourth-order valence-corrected chi connectivity index (χ4v) is 3.73. The van der Waals surface area contributed by atoms with Crippen LogP contribution in [0.15, 0.2) is 35.2 Å². The summed E-state index contributed by atoms with van der Waals surface area (Å²) in [7, 11) is 0. The molecule has 0 N–H and O–H groups in total. The zero-order chi connectivity index (χ0) is 14.2. The van der Waals surface area contributed by atoms with Crippen LogP contribution in [0, 0.1) is 0 Å². The van der Waals surface area contributed by atoms with Crippen LogP contribution < -0.4 is 0 Å². The van der Waals surface area contributed by atoms with Crippen molar-refractivity contribution in [1.29, 1.82) is 0 Å². The van der Waals surface area contributed by atoms with Crippen molar-refractivity contribution >= 4 is 29.3 Å². The summed E-state index contributed by atoms with van der Waals surface area (Å²) in [6, 6.07) is 10.5. The van der Waals surface area contributed by atoms with E-state index in [4.69, 9.17) is 11.6 Å². The second kappa shape index (κ2) is 8.58. The van der Waals surface area contributed by atoms with Gasteiger partial charge in [0.2, 0.25) is 5.91 Å². The fourth-order valence-electron chi connectivity index (χ4n) is 2.74. The van der Waals surface area contributed by atoms with Gasteiger partial charge in [0.1, 0.15) is 0 Å². The average molecular weight is 312 g/mol. The van der Waals surface area contributed by atoms with Crippen LogP contribution in [0.5, 0.6) is 0 Å². The topological polar surface area (TPSA) is 20.3 Å². The van der Waals surface area contributed by atoms with E-state index in [1.165, 1.54) is 19.3 Å². The minimum absolute atomic E-state index is 0.228. The molecule has 0 saturated heterocycles. The maximum Gasteiger partial charge on any atom is 0.233 e. The molecule has 1 aromatic carbocycles. The average Bonchev–Trinajstić information content (AvgIpc) is 2.52. The summed E-state index contributed by atoms with van der Waals surface area (Å²) in [6.45, 7) is 0.681. The van der Waals surface area contributed by atoms with Crippen LogP contribution in [0.4, 0.5) is 0 Å². The molecule has 0 atom stereocenters. The van der Waals surface area contributed by atoms with E-state index < -0.39 is 0 Å². The molecule has 1 amide bonds. The number of benzene rings is 1. The standard InChI is InChI=1S/C16H22ClNOS/c17-11-12-18(14-7-3-1-4-8-14)16(19)13-20-15-9-5-2-6-10-15/h2,5-6,9-10,14H,1,3-4,7-8,11-13H2. The normalized spacial score (nSPS) is 16.1. The summed E-state index contributed by atoms with van der Waals surface area (Å²) in [4.78, 5) is 15.6. The Morgan fingerprint density at radius 3 is 2.55 bits per heavy atom. The van der Waals surface area contributed by atoms with Gasteiger partial charge in [0, 0.05) is 23.4 Å². The molecule has 1 aliphatic carbocycles. The zero-order valence-electron chi connectivity index (χ0n) is 11.8. The lowest BCUT2D eigenvalue weighted by Gasteiger charge is -2.34. The van der Waals surface area contributed by atoms with Crippen LogP contribution >= 0.6 is 23.4 Å². The first-order valence-corrected chi connectivity index (χ1v) is 8.86. The molecular weight excluding hydrogens is 290 g/mol. The molecule has 20 heavy (non-hydrogen) atoms. The lowest BCUT2D eigenvalue weighted by molar-refractivity contribution is -0.131. The van der Waals surface area contributed by atoms with E-state index in [-0.39, 0.29) is 5.91 Å². The van der Waals surface area contributed by atoms with E-state index >= 15 is 0 Å². The predicted molar refractivity (Wildman–Crippen MR) is 86.5 cm³/mol. The summed E-state index contributed by atoms with van der Waals surface area (Å²) >= 11 is 7.49. The number of carbonyl (C=O) groups is 1. The number of amides is 1. The van der Waals surface area contributed by atoms with E-state index in [0.717, 1.165) is 17.7 Å². The van der Waals surface area contributed by atoms with Crippen LogP contribution in [0.25, 0.3) is 0 Å². The number of hydrogen-bond donors (Lipinski definition) is 0. The summed E-state index contributed by atoms with van der Waals surface area (Å²) in [5.74, 6) is 1.27. The van der Waals surface area contributed by atoms with Gasteiger partial charge in [0.05, 0.1) is 5.75 Å². The summed E-state index contributed by atoms with van der Waals surface area (Å²) in [5, 5.41) is 0. The summed E-state index contributed by atoms with van der Waals surface area (Å²) in [6.07, 6.45) is 6.06. The predicted octanol–water partition coefficient (Wildman–Crippen LogP) is 4.18. The van der Waals surface area contributed by atoms with Gasteiger partial charge in [-0.3, -0.25) is 4.79 Å². The third-order valence-electron chi connectivity index (χ3n) is 3.77. The molecule has 1 fully saturated rings. The molecule has 4 heteroatoms. The van der Waals surface area contributed by atoms with E-state index in [0.29, 0.717) is 24.2 Å². The number of hydrogen-bond acceptors (Lipinski definition) is 2. The van der Waals surface area contributed by atoms with Crippen molar-refractivity contribution in [2.45, 2.75) is 43.0 Å². The Kier molecular flexibility index (Phi) is 6.74. The van der Waals surface area contributed by atoms with Crippen molar-refractivity contribution in [2.75, 3.05) is 18.2 Å². The number of halogens is 1. The molecule has 1 aromatic rings. The molecule has 1 saturated carbocycles. The van der Waals surface area contributed by atoms with E-state index in [9.17, 15) is 4.79 Å². The maximum atomic E-state index is 12.5. The zero-order valence-corrected chi connectivity index (χ0v) is 13.3.